The molecule has 0 radical (unpaired) electrons. The molecule has 106 valence electrons. The van der Waals surface area contributed by atoms with Gasteiger partial charge in [-0.3, -0.25) is 0 Å². The van der Waals surface area contributed by atoms with Gasteiger partial charge in [0.1, 0.15) is 0 Å². The highest BCUT2D eigenvalue weighted by Crippen LogP contribution is 2.17. The number of rotatable bonds is 7. The predicted molar refractivity (Wildman–Crippen MR) is 78.1 cm³/mol. The fraction of sp³-hybridized carbons (Fsp3) is 0.333. The average Bonchev–Trinajstić information content (AvgIpc) is 2.92. The molecule has 0 aliphatic rings. The van der Waals surface area contributed by atoms with E-state index in [1.54, 1.807) is 18.6 Å². The van der Waals surface area contributed by atoms with E-state index < -0.39 is 5.97 Å². The molecule has 0 bridgehead atoms. The number of carbonyl (C=O) groups is 1. The molecule has 5 heteroatoms. The first-order valence-corrected chi connectivity index (χ1v) is 6.70. The minimum Gasteiger partial charge on any atom is -0.478 e. The highest BCUT2D eigenvalue weighted by atomic mass is 16.4. The number of hydrogen-bond donors (Lipinski definition) is 2. The Hall–Kier alpha value is -2.30. The van der Waals surface area contributed by atoms with Crippen LogP contribution in [0.25, 0.3) is 0 Å². The van der Waals surface area contributed by atoms with Crippen molar-refractivity contribution in [3.63, 3.8) is 0 Å². The summed E-state index contributed by atoms with van der Waals surface area (Å²) >= 11 is 0. The highest BCUT2D eigenvalue weighted by molar-refractivity contribution is 5.94. The largest absolute Gasteiger partial charge is 0.478 e. The Balaban J connectivity index is 1.80. The molecule has 0 aliphatic heterocycles. The second-order valence-corrected chi connectivity index (χ2v) is 4.79. The Bertz CT molecular complexity index is 565. The first-order chi connectivity index (χ1) is 9.66. The standard InChI is InChI=1S/C15H19N3O2/c1-12-4-5-14(13(10-12)15(19)20)17-6-2-3-8-18-9-7-16-11-18/h4-5,7,9-11,17H,2-3,6,8H2,1H3,(H,19,20). The van der Waals surface area contributed by atoms with Crippen LogP contribution in [-0.4, -0.2) is 27.2 Å². The molecule has 1 aromatic heterocycles. The first-order valence-electron chi connectivity index (χ1n) is 6.70. The van der Waals surface area contributed by atoms with E-state index in [0.29, 0.717) is 11.3 Å². The van der Waals surface area contributed by atoms with Gasteiger partial charge in [0.05, 0.1) is 11.9 Å². The molecule has 0 atom stereocenters. The molecule has 2 N–H and O–H groups in total. The Morgan fingerprint density at radius 3 is 2.95 bits per heavy atom. The second kappa shape index (κ2) is 6.75. The van der Waals surface area contributed by atoms with Gasteiger partial charge in [0.2, 0.25) is 0 Å². The number of nitrogens with zero attached hydrogens (tertiary/aromatic N) is 2. The summed E-state index contributed by atoms with van der Waals surface area (Å²) in [6.07, 6.45) is 7.51. The van der Waals surface area contributed by atoms with Crippen LogP contribution in [0.2, 0.25) is 0 Å². The topological polar surface area (TPSA) is 67.2 Å². The lowest BCUT2D eigenvalue weighted by atomic mass is 10.1. The normalized spacial score (nSPS) is 10.4. The molecule has 2 aromatic rings. The van der Waals surface area contributed by atoms with E-state index in [9.17, 15) is 4.79 Å². The van der Waals surface area contributed by atoms with Gasteiger partial charge < -0.3 is 15.0 Å². The number of benzene rings is 1. The molecule has 1 aromatic carbocycles. The molecule has 0 amide bonds. The summed E-state index contributed by atoms with van der Waals surface area (Å²) in [6.45, 7) is 3.58. The number of anilines is 1. The maximum Gasteiger partial charge on any atom is 0.337 e. The lowest BCUT2D eigenvalue weighted by molar-refractivity contribution is 0.0698. The number of imidazole rings is 1. The molecule has 0 spiro atoms. The van der Waals surface area contributed by atoms with Gasteiger partial charge in [-0.05, 0) is 31.9 Å². The Kier molecular flexibility index (Phi) is 4.76. The van der Waals surface area contributed by atoms with Crippen LogP contribution in [0.3, 0.4) is 0 Å². The number of aromatic carboxylic acids is 1. The molecule has 2 rings (SSSR count). The fourth-order valence-corrected chi connectivity index (χ4v) is 2.05. The van der Waals surface area contributed by atoms with Crippen molar-refractivity contribution in [3.05, 3.63) is 48.0 Å². The third kappa shape index (κ3) is 3.85. The zero-order valence-corrected chi connectivity index (χ0v) is 11.5. The third-order valence-corrected chi connectivity index (χ3v) is 3.12. The Morgan fingerprint density at radius 2 is 2.25 bits per heavy atom. The number of hydrogen-bond acceptors (Lipinski definition) is 3. The number of nitrogens with one attached hydrogen (secondary N) is 1. The zero-order chi connectivity index (χ0) is 14.4. The van der Waals surface area contributed by atoms with Crippen molar-refractivity contribution in [1.29, 1.82) is 0 Å². The van der Waals surface area contributed by atoms with Crippen molar-refractivity contribution >= 4 is 11.7 Å². The quantitative estimate of drug-likeness (QED) is 0.761. The van der Waals surface area contributed by atoms with E-state index in [1.165, 1.54) is 0 Å². The first kappa shape index (κ1) is 14.1. The summed E-state index contributed by atoms with van der Waals surface area (Å²) in [4.78, 5) is 15.2. The van der Waals surface area contributed by atoms with Crippen LogP contribution in [-0.2, 0) is 6.54 Å². The van der Waals surface area contributed by atoms with Crippen molar-refractivity contribution in [2.75, 3.05) is 11.9 Å². The van der Waals surface area contributed by atoms with Crippen LogP contribution in [0.1, 0.15) is 28.8 Å². The summed E-state index contributed by atoms with van der Waals surface area (Å²) in [5, 5.41) is 12.4. The average molecular weight is 273 g/mol. The van der Waals surface area contributed by atoms with Crippen LogP contribution < -0.4 is 5.32 Å². The van der Waals surface area contributed by atoms with E-state index in [2.05, 4.69) is 10.3 Å². The van der Waals surface area contributed by atoms with Crippen molar-refractivity contribution in [1.82, 2.24) is 9.55 Å². The molecule has 0 saturated carbocycles. The van der Waals surface area contributed by atoms with Crippen LogP contribution >= 0.6 is 0 Å². The van der Waals surface area contributed by atoms with E-state index in [-0.39, 0.29) is 0 Å². The van der Waals surface area contributed by atoms with Gasteiger partial charge in [-0.1, -0.05) is 11.6 Å². The molecule has 0 aliphatic carbocycles. The van der Waals surface area contributed by atoms with Crippen molar-refractivity contribution in [3.8, 4) is 0 Å². The van der Waals surface area contributed by atoms with E-state index in [1.807, 2.05) is 29.8 Å². The number of aryl methyl sites for hydroxylation is 2. The molecule has 1 heterocycles. The number of unbranched alkanes of at least 4 members (excludes halogenated alkanes) is 1. The number of aromatic nitrogens is 2. The molecular weight excluding hydrogens is 254 g/mol. The molecular formula is C15H19N3O2. The van der Waals surface area contributed by atoms with Gasteiger partial charge in [-0.25, -0.2) is 9.78 Å². The fourth-order valence-electron chi connectivity index (χ4n) is 2.05. The van der Waals surface area contributed by atoms with Crippen LogP contribution in [0.4, 0.5) is 5.69 Å². The van der Waals surface area contributed by atoms with E-state index in [0.717, 1.165) is 31.5 Å². The van der Waals surface area contributed by atoms with Gasteiger partial charge in [-0.15, -0.1) is 0 Å². The van der Waals surface area contributed by atoms with Gasteiger partial charge in [0, 0.05) is 31.2 Å². The lowest BCUT2D eigenvalue weighted by Crippen LogP contribution is -2.08. The smallest absolute Gasteiger partial charge is 0.337 e. The summed E-state index contributed by atoms with van der Waals surface area (Å²) in [5.41, 5.74) is 1.97. The van der Waals surface area contributed by atoms with Crippen LogP contribution in [0.15, 0.2) is 36.9 Å². The number of carboxylic acids is 1. The molecule has 5 nitrogen and oxygen atoms in total. The maximum absolute atomic E-state index is 11.2. The van der Waals surface area contributed by atoms with Crippen LogP contribution in [0.5, 0.6) is 0 Å². The van der Waals surface area contributed by atoms with Crippen molar-refractivity contribution in [2.24, 2.45) is 0 Å². The van der Waals surface area contributed by atoms with Gasteiger partial charge in [0.15, 0.2) is 0 Å². The molecule has 0 saturated heterocycles. The van der Waals surface area contributed by atoms with Crippen molar-refractivity contribution < 1.29 is 9.90 Å². The summed E-state index contributed by atoms with van der Waals surface area (Å²) in [7, 11) is 0. The number of carboxylic acid groups (broad SMARTS) is 1. The SMILES string of the molecule is Cc1ccc(NCCCCn2ccnc2)c(C(=O)O)c1. The molecule has 0 fully saturated rings. The van der Waals surface area contributed by atoms with Crippen LogP contribution in [0, 0.1) is 6.92 Å². The predicted octanol–water partition coefficient (Wildman–Crippen LogP) is 2.78. The summed E-state index contributed by atoms with van der Waals surface area (Å²) in [6, 6.07) is 5.44. The summed E-state index contributed by atoms with van der Waals surface area (Å²) < 4.78 is 2.04. The second-order valence-electron chi connectivity index (χ2n) is 4.79. The minimum atomic E-state index is -0.894. The highest BCUT2D eigenvalue weighted by Gasteiger charge is 2.09. The maximum atomic E-state index is 11.2. The molecule has 20 heavy (non-hydrogen) atoms. The van der Waals surface area contributed by atoms with E-state index in [4.69, 9.17) is 5.11 Å². The Morgan fingerprint density at radius 1 is 1.40 bits per heavy atom. The van der Waals surface area contributed by atoms with Gasteiger partial charge in [-0.2, -0.15) is 0 Å². The summed E-state index contributed by atoms with van der Waals surface area (Å²) in [5.74, 6) is -0.894. The minimum absolute atomic E-state index is 0.333. The van der Waals surface area contributed by atoms with Gasteiger partial charge in [0.25, 0.3) is 0 Å². The third-order valence-electron chi connectivity index (χ3n) is 3.12. The van der Waals surface area contributed by atoms with Gasteiger partial charge >= 0.3 is 5.97 Å². The zero-order valence-electron chi connectivity index (χ0n) is 11.5. The molecule has 0 unspecified atom stereocenters. The Labute approximate surface area is 118 Å². The van der Waals surface area contributed by atoms with Crippen molar-refractivity contribution in [2.45, 2.75) is 26.3 Å². The lowest BCUT2D eigenvalue weighted by Gasteiger charge is -2.10. The van der Waals surface area contributed by atoms with E-state index >= 15 is 0 Å². The monoisotopic (exact) mass is 273 g/mol.